The third-order valence-electron chi connectivity index (χ3n) is 11.1. The van der Waals surface area contributed by atoms with Crippen LogP contribution in [-0.2, 0) is 34.2 Å². The second-order valence-electron chi connectivity index (χ2n) is 16.7. The van der Waals surface area contributed by atoms with Crippen LogP contribution < -0.4 is 28.4 Å². The van der Waals surface area contributed by atoms with E-state index in [0.717, 1.165) is 0 Å². The predicted octanol–water partition coefficient (Wildman–Crippen LogP) is 11.2. The Morgan fingerprint density at radius 3 is 0.812 bits per heavy atom. The molecule has 1 aliphatic carbocycles. The Balaban J connectivity index is 1.95. The van der Waals surface area contributed by atoms with Gasteiger partial charge in [0, 0.05) is 55.0 Å². The van der Waals surface area contributed by atoms with Crippen LogP contribution in [0.25, 0.3) is 32.7 Å². The first kappa shape index (κ1) is 48.0. The summed E-state index contributed by atoms with van der Waals surface area (Å²) in [6, 6.07) is 26.9. The van der Waals surface area contributed by atoms with Gasteiger partial charge in [0.25, 0.3) is 0 Å². The molecular formula is C57H46O12. The first-order valence-electron chi connectivity index (χ1n) is 21.4. The SMILES string of the molecule is C=C(C)C(=O)Oc1c(C2(c3c(OC(=O)C(=C)C)c(OC(=O)C(=C)C)c4ccccc4c3OC(=O)C(=C)C)c3ccccc3-c3ccccc32)c(OC(=O)C(=C)C)c2ccccc2c1OC(=O)C(=C)C. The number of carbonyl (C=O) groups is 6. The van der Waals surface area contributed by atoms with E-state index < -0.39 is 52.7 Å². The van der Waals surface area contributed by atoms with E-state index in [2.05, 4.69) is 39.5 Å². The van der Waals surface area contributed by atoms with Gasteiger partial charge < -0.3 is 28.4 Å². The standard InChI is InChI=1S/C57H46O12/c1-29(2)51(58)64-45-37-23-13-15-25-39(37)47(66-53(60)31(5)6)49(68-55(62)33(9)10)43(45)57(41-27-19-17-21-35(41)36-22-18-20-28-42(36)57)44-46(65-52(59)30(3)4)38-24-14-16-26-40(38)48(67-54(61)32(7)8)50(44)69-56(63)34(11)12/h13-28H,1,3,5,7,9,11H2,2,4,6,8,10,12H3. The molecule has 0 heterocycles. The summed E-state index contributed by atoms with van der Waals surface area (Å²) in [5, 5.41) is 0.520. The summed E-state index contributed by atoms with van der Waals surface area (Å²) in [6.07, 6.45) is 0. The second-order valence-corrected chi connectivity index (χ2v) is 16.7. The highest BCUT2D eigenvalue weighted by Gasteiger charge is 2.56. The molecule has 0 aromatic heterocycles. The first-order chi connectivity index (χ1) is 32.7. The Morgan fingerprint density at radius 2 is 0.536 bits per heavy atom. The zero-order valence-electron chi connectivity index (χ0n) is 38.9. The molecule has 12 heteroatoms. The number of hydrogen-bond donors (Lipinski definition) is 0. The lowest BCUT2D eigenvalue weighted by Crippen LogP contribution is -2.34. The van der Waals surface area contributed by atoms with E-state index in [0.29, 0.717) is 22.3 Å². The summed E-state index contributed by atoms with van der Waals surface area (Å²) in [5.74, 6) is -7.95. The van der Waals surface area contributed by atoms with Crippen molar-refractivity contribution in [1.29, 1.82) is 0 Å². The number of benzene rings is 6. The highest BCUT2D eigenvalue weighted by molar-refractivity contribution is 6.09. The minimum atomic E-state index is -2.22. The van der Waals surface area contributed by atoms with Gasteiger partial charge in [-0.15, -0.1) is 0 Å². The molecule has 346 valence electrons. The number of fused-ring (bicyclic) bond motifs is 5. The molecule has 69 heavy (non-hydrogen) atoms. The van der Waals surface area contributed by atoms with E-state index in [-0.39, 0.29) is 89.1 Å². The zero-order chi connectivity index (χ0) is 50.2. The Labute approximate surface area is 398 Å². The Kier molecular flexibility index (Phi) is 13.1. The smallest absolute Gasteiger partial charge is 0.338 e. The van der Waals surface area contributed by atoms with Crippen LogP contribution in [0.1, 0.15) is 63.8 Å². The predicted molar refractivity (Wildman–Crippen MR) is 261 cm³/mol. The molecule has 0 N–H and O–H groups in total. The molecule has 6 aromatic carbocycles. The molecule has 1 aliphatic rings. The van der Waals surface area contributed by atoms with Gasteiger partial charge in [0.1, 0.15) is 11.5 Å². The van der Waals surface area contributed by atoms with Crippen LogP contribution in [-0.4, -0.2) is 35.8 Å². The van der Waals surface area contributed by atoms with Crippen LogP contribution in [0.4, 0.5) is 0 Å². The lowest BCUT2D eigenvalue weighted by atomic mass is 9.65. The van der Waals surface area contributed by atoms with Gasteiger partial charge >= 0.3 is 35.8 Å². The summed E-state index contributed by atoms with van der Waals surface area (Å²) in [4.78, 5) is 85.0. The van der Waals surface area contributed by atoms with Gasteiger partial charge in [0.05, 0.1) is 16.5 Å². The van der Waals surface area contributed by atoms with E-state index in [1.54, 1.807) is 97.1 Å². The lowest BCUT2D eigenvalue weighted by molar-refractivity contribution is -0.132. The van der Waals surface area contributed by atoms with Crippen LogP contribution in [0.2, 0.25) is 0 Å². The van der Waals surface area contributed by atoms with Crippen LogP contribution in [0.3, 0.4) is 0 Å². The van der Waals surface area contributed by atoms with Crippen molar-refractivity contribution in [3.05, 3.63) is 192 Å². The summed E-state index contributed by atoms with van der Waals surface area (Å²) >= 11 is 0. The molecule has 0 saturated heterocycles. The maximum absolute atomic E-state index is 14.3. The average molecular weight is 923 g/mol. The van der Waals surface area contributed by atoms with Gasteiger partial charge in [-0.2, -0.15) is 0 Å². The van der Waals surface area contributed by atoms with Crippen molar-refractivity contribution < 1.29 is 57.2 Å². The summed E-state index contributed by atoms with van der Waals surface area (Å²) in [5.41, 5.74) is -1.29. The Bertz CT molecular complexity index is 3140. The van der Waals surface area contributed by atoms with Gasteiger partial charge in [-0.1, -0.05) is 137 Å². The third kappa shape index (κ3) is 8.44. The maximum atomic E-state index is 14.3. The molecule has 0 radical (unpaired) electrons. The van der Waals surface area contributed by atoms with Crippen molar-refractivity contribution in [1.82, 2.24) is 0 Å². The van der Waals surface area contributed by atoms with Crippen LogP contribution in [0, 0.1) is 0 Å². The monoisotopic (exact) mass is 922 g/mol. The molecular weight excluding hydrogens is 877 g/mol. The summed E-state index contributed by atoms with van der Waals surface area (Å²) in [6.45, 7) is 31.5. The first-order valence-corrected chi connectivity index (χ1v) is 21.4. The molecule has 0 atom stereocenters. The maximum Gasteiger partial charge on any atom is 0.338 e. The van der Waals surface area contributed by atoms with Crippen LogP contribution in [0.15, 0.2) is 170 Å². The highest BCUT2D eigenvalue weighted by Crippen LogP contribution is 2.67. The summed E-state index contributed by atoms with van der Waals surface area (Å²) in [7, 11) is 0. The molecule has 0 spiro atoms. The summed E-state index contributed by atoms with van der Waals surface area (Å²) < 4.78 is 38.3. The van der Waals surface area contributed by atoms with Gasteiger partial charge in [0.15, 0.2) is 23.0 Å². The molecule has 0 bridgehead atoms. The van der Waals surface area contributed by atoms with Crippen molar-refractivity contribution in [2.24, 2.45) is 0 Å². The minimum Gasteiger partial charge on any atom is -0.422 e. The molecule has 0 amide bonds. The van der Waals surface area contributed by atoms with Gasteiger partial charge in [-0.05, 0) is 63.8 Å². The lowest BCUT2D eigenvalue weighted by Gasteiger charge is -2.39. The number of hydrogen-bond acceptors (Lipinski definition) is 12. The third-order valence-corrected chi connectivity index (χ3v) is 11.1. The molecule has 7 rings (SSSR count). The fourth-order valence-electron chi connectivity index (χ4n) is 7.97. The van der Waals surface area contributed by atoms with Crippen molar-refractivity contribution in [3.8, 4) is 45.6 Å². The normalized spacial score (nSPS) is 11.9. The van der Waals surface area contributed by atoms with Crippen LogP contribution in [0.5, 0.6) is 34.5 Å². The van der Waals surface area contributed by atoms with Gasteiger partial charge in [-0.25, -0.2) is 28.8 Å². The zero-order valence-corrected chi connectivity index (χ0v) is 38.9. The quantitative estimate of drug-likeness (QED) is 0.0578. The fourth-order valence-corrected chi connectivity index (χ4v) is 7.97. The van der Waals surface area contributed by atoms with Gasteiger partial charge in [-0.3, -0.25) is 0 Å². The average Bonchev–Trinajstić information content (AvgIpc) is 3.60. The Morgan fingerprint density at radius 1 is 0.319 bits per heavy atom. The molecule has 0 fully saturated rings. The topological polar surface area (TPSA) is 158 Å². The van der Waals surface area contributed by atoms with Crippen molar-refractivity contribution in [2.45, 2.75) is 47.0 Å². The number of ether oxygens (including phenoxy) is 6. The van der Waals surface area contributed by atoms with E-state index in [4.69, 9.17) is 28.4 Å². The highest BCUT2D eigenvalue weighted by atomic mass is 16.6. The number of rotatable bonds is 14. The molecule has 0 aliphatic heterocycles. The molecule has 6 aromatic rings. The van der Waals surface area contributed by atoms with Crippen LogP contribution >= 0.6 is 0 Å². The largest absolute Gasteiger partial charge is 0.422 e. The number of carbonyl (C=O) groups excluding carboxylic acids is 6. The van der Waals surface area contributed by atoms with Crippen molar-refractivity contribution in [2.75, 3.05) is 0 Å². The second kappa shape index (κ2) is 18.8. The molecule has 0 unspecified atom stereocenters. The van der Waals surface area contributed by atoms with E-state index in [1.807, 2.05) is 0 Å². The minimum absolute atomic E-state index is 0.0386. The van der Waals surface area contributed by atoms with Gasteiger partial charge in [0.2, 0.25) is 0 Å². The Hall–Kier alpha value is -8.90. The fraction of sp³-hybridized carbons (Fsp3) is 0.123. The van der Waals surface area contributed by atoms with Crippen molar-refractivity contribution >= 4 is 57.4 Å². The molecule has 12 nitrogen and oxygen atoms in total. The van der Waals surface area contributed by atoms with E-state index in [9.17, 15) is 28.8 Å². The van der Waals surface area contributed by atoms with E-state index >= 15 is 0 Å². The number of esters is 6. The van der Waals surface area contributed by atoms with E-state index in [1.165, 1.54) is 41.5 Å². The molecule has 0 saturated carbocycles. The van der Waals surface area contributed by atoms with Crippen molar-refractivity contribution in [3.63, 3.8) is 0 Å².